The number of carbonyl (C=O) groups is 3. The number of imidazole rings is 1. The first kappa shape index (κ1) is 38.3. The number of likely N-dealkylation sites (tertiary alicyclic amines) is 2. The predicted molar refractivity (Wildman–Crippen MR) is 222 cm³/mol. The molecule has 5 atom stereocenters. The minimum atomic E-state index is -3.97. The summed E-state index contributed by atoms with van der Waals surface area (Å²) in [7, 11) is -2.69. The van der Waals surface area contributed by atoms with Crippen molar-refractivity contribution < 1.29 is 27.5 Å². The van der Waals surface area contributed by atoms with E-state index >= 15 is 0 Å². The minimum Gasteiger partial charge on any atom is -0.453 e. The molecule has 1 saturated carbocycles. The zero-order chi connectivity index (χ0) is 40.3. The quantitative estimate of drug-likeness (QED) is 0.159. The van der Waals surface area contributed by atoms with Crippen LogP contribution in [-0.4, -0.2) is 84.7 Å². The van der Waals surface area contributed by atoms with E-state index in [9.17, 15) is 22.8 Å². The van der Waals surface area contributed by atoms with E-state index in [4.69, 9.17) is 4.98 Å². The van der Waals surface area contributed by atoms with E-state index in [1.807, 2.05) is 23.1 Å². The fourth-order valence-electron chi connectivity index (χ4n) is 10.2. The average Bonchev–Trinajstić information content (AvgIpc) is 4.07. The van der Waals surface area contributed by atoms with E-state index in [1.54, 1.807) is 11.0 Å². The van der Waals surface area contributed by atoms with E-state index in [0.29, 0.717) is 49.3 Å². The number of fused-ring (bicyclic) bond motifs is 5. The number of nitrogens with zero attached hydrogens (tertiary/aromatic N) is 4. The zero-order valence-corrected chi connectivity index (χ0v) is 34.2. The molecule has 9 rings (SSSR count). The first-order valence-corrected chi connectivity index (χ1v) is 22.3. The molecule has 14 heteroatoms. The van der Waals surface area contributed by atoms with Crippen LogP contribution in [0.1, 0.15) is 101 Å². The molecule has 2 saturated heterocycles. The average molecular weight is 806 g/mol. The molecule has 0 radical (unpaired) electrons. The molecule has 3 N–H and O–H groups in total. The van der Waals surface area contributed by atoms with Crippen molar-refractivity contribution in [1.29, 1.82) is 0 Å². The van der Waals surface area contributed by atoms with Gasteiger partial charge in [0.25, 0.3) is 10.0 Å². The summed E-state index contributed by atoms with van der Waals surface area (Å²) in [6.45, 7) is 5.21. The van der Waals surface area contributed by atoms with Crippen molar-refractivity contribution in [3.8, 4) is 22.3 Å². The van der Waals surface area contributed by atoms with Gasteiger partial charge in [0, 0.05) is 19.5 Å². The first-order valence-electron chi connectivity index (χ1n) is 20.9. The summed E-state index contributed by atoms with van der Waals surface area (Å²) < 4.78 is 36.1. The van der Waals surface area contributed by atoms with Crippen molar-refractivity contribution in [3.63, 3.8) is 0 Å². The molecule has 0 bridgehead atoms. The number of rotatable bonds is 9. The maximum absolute atomic E-state index is 13.6. The number of ether oxygens (including phenoxy) is 1. The highest BCUT2D eigenvalue weighted by Crippen LogP contribution is 2.54. The topological polar surface area (TPSA) is 166 Å². The number of sulfonamides is 1. The maximum Gasteiger partial charge on any atom is 0.407 e. The number of aromatic amines is 1. The number of aromatic nitrogens is 2. The van der Waals surface area contributed by atoms with Crippen LogP contribution in [0.4, 0.5) is 10.5 Å². The molecule has 3 amide bonds. The van der Waals surface area contributed by atoms with Crippen LogP contribution in [-0.2, 0) is 30.8 Å². The molecule has 3 fully saturated rings. The Labute approximate surface area is 339 Å². The fourth-order valence-corrected chi connectivity index (χ4v) is 11.3. The Hall–Kier alpha value is -5.24. The molecule has 0 spiro atoms. The number of amidine groups is 1. The van der Waals surface area contributed by atoms with Gasteiger partial charge in [-0.05, 0) is 120 Å². The predicted octanol–water partition coefficient (Wildman–Crippen LogP) is 7.30. The molecule has 4 heterocycles. The molecule has 4 aromatic rings. The lowest BCUT2D eigenvalue weighted by Gasteiger charge is -2.29. The van der Waals surface area contributed by atoms with E-state index in [2.05, 4.69) is 62.9 Å². The number of hydrogen-bond donors (Lipinski definition) is 3. The molecule has 58 heavy (non-hydrogen) atoms. The highest BCUT2D eigenvalue weighted by molar-refractivity contribution is 7.90. The van der Waals surface area contributed by atoms with Gasteiger partial charge >= 0.3 is 6.09 Å². The van der Waals surface area contributed by atoms with Crippen molar-refractivity contribution >= 4 is 50.5 Å². The SMILES string of the molecule is CCC(C)CC(=O)N1CCC[C@H]1C1=NS(=O)(=O)c2ccc(-c3ccc(-c4ccc5nc([C@@H]6CCCN6C(=O)CNC(=O)OC)[nH]c5c4)c4c3CC3CCCC43)cc2N1. The van der Waals surface area contributed by atoms with Gasteiger partial charge in [0.05, 0.1) is 35.9 Å². The van der Waals surface area contributed by atoms with Crippen LogP contribution >= 0.6 is 0 Å². The highest BCUT2D eigenvalue weighted by atomic mass is 32.2. The van der Waals surface area contributed by atoms with Crippen molar-refractivity contribution in [2.45, 2.75) is 101 Å². The molecule has 304 valence electrons. The summed E-state index contributed by atoms with van der Waals surface area (Å²) in [4.78, 5) is 50.1. The third-order valence-corrected chi connectivity index (χ3v) is 14.6. The molecule has 13 nitrogen and oxygen atoms in total. The van der Waals surface area contributed by atoms with E-state index < -0.39 is 22.2 Å². The molecular weight excluding hydrogens is 755 g/mol. The smallest absolute Gasteiger partial charge is 0.407 e. The summed E-state index contributed by atoms with van der Waals surface area (Å²) in [5.41, 5.74) is 9.31. The number of amides is 3. The standard InChI is InChI=1S/C44H51N7O6S/c1-4-25(2)20-39(52)50-18-7-11-37(50)43-48-35-23-27(13-17-38(35)58(55,56)49-43)29-14-15-31(41-30-9-5-8-26(30)21-32(29)41)28-12-16-33-34(22-28)47-42(46-33)36-10-6-19-51(36)40(53)24-45-44(54)57-3/h12-17,22-23,25-26,30,36-37H,4-11,18-21,24H2,1-3H3,(H,45,54)(H,46,47)(H,48,49)/t25?,26?,30?,36-,37-/m0/s1. The van der Waals surface area contributed by atoms with Gasteiger partial charge in [-0.1, -0.05) is 51.0 Å². The molecule has 2 aliphatic carbocycles. The maximum atomic E-state index is 13.6. The summed E-state index contributed by atoms with van der Waals surface area (Å²) in [5, 5.41) is 5.88. The molecular formula is C44H51N7O6S. The number of hydrogen-bond acceptors (Lipinski definition) is 8. The minimum absolute atomic E-state index is 0.0467. The third kappa shape index (κ3) is 6.82. The van der Waals surface area contributed by atoms with E-state index in [1.165, 1.54) is 36.6 Å². The largest absolute Gasteiger partial charge is 0.453 e. The van der Waals surface area contributed by atoms with Gasteiger partial charge in [-0.2, -0.15) is 8.42 Å². The Bertz CT molecular complexity index is 2460. The van der Waals surface area contributed by atoms with E-state index in [0.717, 1.165) is 72.1 Å². The first-order chi connectivity index (χ1) is 28.0. The third-order valence-electron chi connectivity index (χ3n) is 13.3. The second-order valence-corrected chi connectivity index (χ2v) is 18.3. The molecule has 3 unspecified atom stereocenters. The lowest BCUT2D eigenvalue weighted by Crippen LogP contribution is -2.45. The number of anilines is 1. The Morgan fingerprint density at radius 1 is 0.914 bits per heavy atom. The van der Waals surface area contributed by atoms with Gasteiger partial charge in [0.15, 0.2) is 0 Å². The van der Waals surface area contributed by atoms with Gasteiger partial charge in [0.2, 0.25) is 11.8 Å². The molecule has 3 aliphatic heterocycles. The second kappa shape index (κ2) is 15.2. The highest BCUT2D eigenvalue weighted by Gasteiger charge is 2.41. The van der Waals surface area contributed by atoms with Crippen LogP contribution in [0.2, 0.25) is 0 Å². The van der Waals surface area contributed by atoms with Gasteiger partial charge in [0.1, 0.15) is 23.1 Å². The van der Waals surface area contributed by atoms with E-state index in [-0.39, 0.29) is 35.2 Å². The van der Waals surface area contributed by atoms with Crippen molar-refractivity contribution in [1.82, 2.24) is 25.1 Å². The number of methoxy groups -OCH3 is 1. The lowest BCUT2D eigenvalue weighted by molar-refractivity contribution is -0.132. The number of H-pyrrole nitrogens is 1. The van der Waals surface area contributed by atoms with Gasteiger partial charge in [-0.25, -0.2) is 9.78 Å². The van der Waals surface area contributed by atoms with Crippen molar-refractivity contribution in [2.75, 3.05) is 32.1 Å². The number of nitrogens with one attached hydrogen (secondary N) is 3. The summed E-state index contributed by atoms with van der Waals surface area (Å²) in [6, 6.07) is 15.7. The summed E-state index contributed by atoms with van der Waals surface area (Å²) in [5.74, 6) is 2.21. The van der Waals surface area contributed by atoms with Crippen molar-refractivity contribution in [2.24, 2.45) is 16.2 Å². The zero-order valence-electron chi connectivity index (χ0n) is 33.3. The van der Waals surface area contributed by atoms with Gasteiger partial charge < -0.3 is 30.2 Å². The van der Waals surface area contributed by atoms with Gasteiger partial charge in [-0.15, -0.1) is 4.40 Å². The Morgan fingerprint density at radius 2 is 1.66 bits per heavy atom. The summed E-state index contributed by atoms with van der Waals surface area (Å²) in [6.07, 6.45) is 8.31. The number of alkyl carbamates (subject to hydrolysis) is 1. The molecule has 1 aromatic heterocycles. The van der Waals surface area contributed by atoms with Crippen LogP contribution < -0.4 is 10.6 Å². The Morgan fingerprint density at radius 3 is 2.45 bits per heavy atom. The fraction of sp³-hybridized carbons (Fsp3) is 0.477. The van der Waals surface area contributed by atoms with Crippen LogP contribution in [0.25, 0.3) is 33.3 Å². The molecule has 5 aliphatic rings. The number of benzene rings is 3. The number of carbonyl (C=O) groups excluding carboxylic acids is 3. The van der Waals surface area contributed by atoms with Crippen LogP contribution in [0.5, 0.6) is 0 Å². The second-order valence-electron chi connectivity index (χ2n) is 16.7. The Balaban J connectivity index is 1.02. The normalized spacial score (nSPS) is 23.5. The summed E-state index contributed by atoms with van der Waals surface area (Å²) >= 11 is 0. The van der Waals surface area contributed by atoms with Crippen molar-refractivity contribution in [3.05, 3.63) is 65.5 Å². The van der Waals surface area contributed by atoms with Gasteiger partial charge in [-0.3, -0.25) is 9.59 Å². The van der Waals surface area contributed by atoms with Crippen LogP contribution in [0, 0.1) is 11.8 Å². The molecule has 3 aromatic carbocycles. The van der Waals surface area contributed by atoms with Crippen LogP contribution in [0.3, 0.4) is 0 Å². The van der Waals surface area contributed by atoms with Crippen LogP contribution in [0.15, 0.2) is 57.8 Å². The lowest BCUT2D eigenvalue weighted by atomic mass is 9.86. The Kier molecular flexibility index (Phi) is 10.0. The monoisotopic (exact) mass is 805 g/mol.